The van der Waals surface area contributed by atoms with E-state index in [9.17, 15) is 4.79 Å². The number of hydrogen-bond acceptors (Lipinski definition) is 4. The van der Waals surface area contributed by atoms with E-state index in [1.807, 2.05) is 14.1 Å². The fraction of sp³-hybridized carbons (Fsp3) is 0.600. The van der Waals surface area contributed by atoms with Crippen LogP contribution in [0.3, 0.4) is 0 Å². The summed E-state index contributed by atoms with van der Waals surface area (Å²) in [6.45, 7) is 2.49. The summed E-state index contributed by atoms with van der Waals surface area (Å²) in [5, 5.41) is 3.22. The molecule has 0 fully saturated rings. The molecule has 0 saturated heterocycles. The molecule has 2 N–H and O–H groups in total. The Labute approximate surface area is 88.5 Å². The lowest BCUT2D eigenvalue weighted by molar-refractivity contribution is 0.411. The van der Waals surface area contributed by atoms with Crippen LogP contribution >= 0.6 is 0 Å². The number of fused-ring (bicyclic) bond motifs is 1. The number of likely N-dealkylation sites (N-methyl/N-ethyl adjacent to an activating group) is 1. The summed E-state index contributed by atoms with van der Waals surface area (Å²) in [6, 6.07) is 0. The van der Waals surface area contributed by atoms with Gasteiger partial charge in [0.15, 0.2) is 0 Å². The molecule has 5 heteroatoms. The third kappa shape index (κ3) is 2.24. The highest BCUT2D eigenvalue weighted by Crippen LogP contribution is 2.14. The second-order valence-electron chi connectivity index (χ2n) is 4.10. The molecule has 0 amide bonds. The van der Waals surface area contributed by atoms with E-state index >= 15 is 0 Å². The first-order chi connectivity index (χ1) is 7.16. The van der Waals surface area contributed by atoms with Crippen LogP contribution in [0.25, 0.3) is 0 Å². The Morgan fingerprint density at radius 2 is 2.20 bits per heavy atom. The molecule has 0 atom stereocenters. The third-order valence-corrected chi connectivity index (χ3v) is 2.61. The van der Waals surface area contributed by atoms with E-state index in [2.05, 4.69) is 20.2 Å². The predicted molar refractivity (Wildman–Crippen MR) is 57.7 cm³/mol. The molecule has 1 aromatic heterocycles. The van der Waals surface area contributed by atoms with Crippen molar-refractivity contribution >= 4 is 0 Å². The van der Waals surface area contributed by atoms with Crippen LogP contribution in [0.5, 0.6) is 0 Å². The zero-order valence-corrected chi connectivity index (χ0v) is 9.13. The van der Waals surface area contributed by atoms with Gasteiger partial charge in [0.25, 0.3) is 0 Å². The Morgan fingerprint density at radius 1 is 1.40 bits per heavy atom. The number of nitrogens with one attached hydrogen (secondary N) is 2. The topological polar surface area (TPSA) is 61.0 Å². The maximum atomic E-state index is 11.3. The van der Waals surface area contributed by atoms with E-state index in [0.717, 1.165) is 37.4 Å². The molecule has 1 aliphatic heterocycles. The maximum Gasteiger partial charge on any atom is 0.345 e. The van der Waals surface area contributed by atoms with E-state index in [1.165, 1.54) is 5.56 Å². The quantitative estimate of drug-likeness (QED) is 0.701. The van der Waals surface area contributed by atoms with Crippen molar-refractivity contribution in [1.29, 1.82) is 0 Å². The fourth-order valence-corrected chi connectivity index (χ4v) is 1.81. The molecule has 5 nitrogen and oxygen atoms in total. The van der Waals surface area contributed by atoms with Gasteiger partial charge in [-0.3, -0.25) is 0 Å². The van der Waals surface area contributed by atoms with Crippen LogP contribution < -0.4 is 11.0 Å². The Morgan fingerprint density at radius 3 is 2.93 bits per heavy atom. The minimum absolute atomic E-state index is 0.230. The molecular formula is C10H16N4O. The normalized spacial score (nSPS) is 14.6. The van der Waals surface area contributed by atoms with Gasteiger partial charge in [-0.15, -0.1) is 0 Å². The minimum atomic E-state index is -0.230. The van der Waals surface area contributed by atoms with Gasteiger partial charge in [0.05, 0.1) is 5.69 Å². The lowest BCUT2D eigenvalue weighted by Crippen LogP contribution is -2.21. The van der Waals surface area contributed by atoms with Gasteiger partial charge in [-0.25, -0.2) is 4.79 Å². The Bertz CT molecular complexity index is 410. The van der Waals surface area contributed by atoms with Crippen LogP contribution in [-0.4, -0.2) is 35.5 Å². The van der Waals surface area contributed by atoms with Crippen LogP contribution in [0, 0.1) is 0 Å². The third-order valence-electron chi connectivity index (χ3n) is 2.61. The van der Waals surface area contributed by atoms with Crippen molar-refractivity contribution in [3.63, 3.8) is 0 Å². The first-order valence-electron chi connectivity index (χ1n) is 5.13. The van der Waals surface area contributed by atoms with E-state index in [1.54, 1.807) is 0 Å². The van der Waals surface area contributed by atoms with Crippen molar-refractivity contribution in [1.82, 2.24) is 20.2 Å². The van der Waals surface area contributed by atoms with Crippen molar-refractivity contribution in [2.45, 2.75) is 19.5 Å². The van der Waals surface area contributed by atoms with Crippen LogP contribution in [-0.2, 0) is 19.5 Å². The second kappa shape index (κ2) is 4.12. The molecule has 0 spiro atoms. The predicted octanol–water partition coefficient (Wildman–Crippen LogP) is -0.523. The number of rotatable bonds is 3. The number of hydrogen-bond donors (Lipinski definition) is 2. The van der Waals surface area contributed by atoms with Crippen molar-refractivity contribution in [3.05, 3.63) is 27.4 Å². The highest BCUT2D eigenvalue weighted by Gasteiger charge is 2.16. The number of H-pyrrole nitrogens is 1. The Hall–Kier alpha value is -1.20. The van der Waals surface area contributed by atoms with E-state index < -0.39 is 0 Å². The zero-order chi connectivity index (χ0) is 10.8. The average Bonchev–Trinajstić information content (AvgIpc) is 2.61. The summed E-state index contributed by atoms with van der Waals surface area (Å²) in [5.74, 6) is 0. The first kappa shape index (κ1) is 10.3. The SMILES string of the molecule is CN(C)CCc1nc(=O)[nH]c2c1CNC2. The van der Waals surface area contributed by atoms with Gasteiger partial charge >= 0.3 is 5.69 Å². The monoisotopic (exact) mass is 208 g/mol. The van der Waals surface area contributed by atoms with Gasteiger partial charge in [0, 0.05) is 37.3 Å². The summed E-state index contributed by atoms with van der Waals surface area (Å²) in [4.78, 5) is 20.2. The van der Waals surface area contributed by atoms with Gasteiger partial charge in [0.2, 0.25) is 0 Å². The van der Waals surface area contributed by atoms with E-state index in [4.69, 9.17) is 0 Å². The highest BCUT2D eigenvalue weighted by molar-refractivity contribution is 5.28. The van der Waals surface area contributed by atoms with Gasteiger partial charge in [0.1, 0.15) is 0 Å². The van der Waals surface area contributed by atoms with E-state index in [0.29, 0.717) is 0 Å². The molecule has 0 saturated carbocycles. The highest BCUT2D eigenvalue weighted by atomic mass is 16.1. The van der Waals surface area contributed by atoms with Gasteiger partial charge in [-0.05, 0) is 14.1 Å². The standard InChI is InChI=1S/C10H16N4O/c1-14(2)4-3-8-7-5-11-6-9(7)13-10(15)12-8/h11H,3-6H2,1-2H3,(H,12,13,15). The van der Waals surface area contributed by atoms with Gasteiger partial charge < -0.3 is 15.2 Å². The van der Waals surface area contributed by atoms with Gasteiger partial charge in [-0.1, -0.05) is 0 Å². The lowest BCUT2D eigenvalue weighted by Gasteiger charge is -2.10. The van der Waals surface area contributed by atoms with Crippen molar-refractivity contribution in [2.24, 2.45) is 0 Å². The molecule has 0 bridgehead atoms. The number of aromatic nitrogens is 2. The molecule has 2 rings (SSSR count). The van der Waals surface area contributed by atoms with Gasteiger partial charge in [-0.2, -0.15) is 4.98 Å². The summed E-state index contributed by atoms with van der Waals surface area (Å²) in [7, 11) is 4.04. The zero-order valence-electron chi connectivity index (χ0n) is 9.13. The van der Waals surface area contributed by atoms with E-state index in [-0.39, 0.29) is 5.69 Å². The summed E-state index contributed by atoms with van der Waals surface area (Å²) in [6.07, 6.45) is 0.834. The Kier molecular flexibility index (Phi) is 2.83. The number of aromatic amines is 1. The molecule has 0 unspecified atom stereocenters. The maximum absolute atomic E-state index is 11.3. The largest absolute Gasteiger partial charge is 0.345 e. The smallest absolute Gasteiger partial charge is 0.309 e. The summed E-state index contributed by atoms with van der Waals surface area (Å²) < 4.78 is 0. The van der Waals surface area contributed by atoms with Crippen LogP contribution in [0.1, 0.15) is 17.0 Å². The van der Waals surface area contributed by atoms with Crippen LogP contribution in [0.15, 0.2) is 4.79 Å². The van der Waals surface area contributed by atoms with Crippen LogP contribution in [0.2, 0.25) is 0 Å². The molecule has 82 valence electrons. The average molecular weight is 208 g/mol. The molecule has 0 aromatic carbocycles. The van der Waals surface area contributed by atoms with Crippen LogP contribution in [0.4, 0.5) is 0 Å². The number of nitrogens with zero attached hydrogens (tertiary/aromatic N) is 2. The van der Waals surface area contributed by atoms with Crippen molar-refractivity contribution in [3.8, 4) is 0 Å². The molecule has 0 aliphatic carbocycles. The fourth-order valence-electron chi connectivity index (χ4n) is 1.81. The van der Waals surface area contributed by atoms with Crippen molar-refractivity contribution < 1.29 is 0 Å². The molecule has 0 radical (unpaired) electrons. The Balaban J connectivity index is 2.26. The second-order valence-corrected chi connectivity index (χ2v) is 4.10. The first-order valence-corrected chi connectivity index (χ1v) is 5.13. The molecule has 2 heterocycles. The molecule has 1 aliphatic rings. The summed E-state index contributed by atoms with van der Waals surface area (Å²) >= 11 is 0. The minimum Gasteiger partial charge on any atom is -0.309 e. The summed E-state index contributed by atoms with van der Waals surface area (Å²) in [5.41, 5.74) is 2.89. The molecule has 1 aromatic rings. The lowest BCUT2D eigenvalue weighted by atomic mass is 10.1. The molecule has 15 heavy (non-hydrogen) atoms. The van der Waals surface area contributed by atoms with Crippen molar-refractivity contribution in [2.75, 3.05) is 20.6 Å². The molecular weight excluding hydrogens is 192 g/mol.